The third kappa shape index (κ3) is 3.12. The van der Waals surface area contributed by atoms with Crippen molar-refractivity contribution in [1.29, 1.82) is 0 Å². The molecule has 0 fully saturated rings. The summed E-state index contributed by atoms with van der Waals surface area (Å²) in [5, 5.41) is 7.85. The first kappa shape index (κ1) is 16.1. The molecule has 1 amide bonds. The lowest BCUT2D eigenvalue weighted by atomic mass is 9.92. The number of hydrogen-bond donors (Lipinski definition) is 1. The summed E-state index contributed by atoms with van der Waals surface area (Å²) in [6.07, 6.45) is 0. The highest BCUT2D eigenvalue weighted by atomic mass is 127. The van der Waals surface area contributed by atoms with Crippen LogP contribution in [-0.4, -0.2) is 10.3 Å². The molecule has 0 atom stereocenters. The first-order valence-electron chi connectivity index (χ1n) is 8.13. The molecule has 4 aromatic rings. The van der Waals surface area contributed by atoms with E-state index in [-0.39, 0.29) is 5.91 Å². The van der Waals surface area contributed by atoms with E-state index in [0.29, 0.717) is 4.43 Å². The van der Waals surface area contributed by atoms with Gasteiger partial charge >= 0.3 is 0 Å². The molecule has 4 rings (SSSR count). The Kier molecular flexibility index (Phi) is 4.40. The largest absolute Gasteiger partial charge is 0.325 e. The van der Waals surface area contributed by atoms with Crippen LogP contribution in [0.4, 0.5) is 5.69 Å². The highest BCUT2D eigenvalue weighted by molar-refractivity contribution is 14.1. The topological polar surface area (TPSA) is 29.1 Å². The van der Waals surface area contributed by atoms with Gasteiger partial charge in [-0.05, 0) is 50.9 Å². The summed E-state index contributed by atoms with van der Waals surface area (Å²) in [5.41, 5.74) is 3.22. The summed E-state index contributed by atoms with van der Waals surface area (Å²) in [7, 11) is 0. The van der Waals surface area contributed by atoms with Gasteiger partial charge in [0.1, 0.15) is 0 Å². The van der Waals surface area contributed by atoms with E-state index in [1.165, 1.54) is 27.1 Å². The summed E-state index contributed by atoms with van der Waals surface area (Å²) >= 11 is 2.06. The summed E-state index contributed by atoms with van der Waals surface area (Å²) in [4.78, 5) is 11.6. The van der Waals surface area contributed by atoms with Crippen LogP contribution in [0.3, 0.4) is 0 Å². The summed E-state index contributed by atoms with van der Waals surface area (Å²) in [6, 6.07) is 27.3. The average molecular weight is 437 g/mol. The molecule has 0 saturated heterocycles. The minimum Gasteiger partial charge on any atom is -0.325 e. The monoisotopic (exact) mass is 437 g/mol. The lowest BCUT2D eigenvalue weighted by molar-refractivity contribution is -0.113. The molecule has 0 aliphatic carbocycles. The van der Waals surface area contributed by atoms with Crippen molar-refractivity contribution in [3.05, 3.63) is 78.9 Å². The quantitative estimate of drug-likeness (QED) is 0.237. The summed E-state index contributed by atoms with van der Waals surface area (Å²) < 4.78 is 0.452. The second-order valence-corrected chi connectivity index (χ2v) is 6.72. The van der Waals surface area contributed by atoms with Crippen molar-refractivity contribution in [3.63, 3.8) is 0 Å². The lowest BCUT2D eigenvalue weighted by Gasteiger charge is -2.13. The molecule has 122 valence electrons. The van der Waals surface area contributed by atoms with Gasteiger partial charge in [-0.3, -0.25) is 4.79 Å². The standard InChI is InChI=1S/C22H16INO/c23-14-21(25)24-18-11-9-15(10-12-18)22-19-7-3-1-5-16(19)13-17-6-2-4-8-20(17)22/h1-13H,14H2,(H,24,25). The Labute approximate surface area is 160 Å². The first-order valence-corrected chi connectivity index (χ1v) is 9.65. The van der Waals surface area contributed by atoms with Gasteiger partial charge in [0, 0.05) is 5.69 Å². The van der Waals surface area contributed by atoms with Crippen LogP contribution in [0.2, 0.25) is 0 Å². The zero-order chi connectivity index (χ0) is 17.2. The maximum absolute atomic E-state index is 11.6. The number of halogens is 1. The predicted molar refractivity (Wildman–Crippen MR) is 114 cm³/mol. The van der Waals surface area contributed by atoms with Crippen molar-refractivity contribution in [3.8, 4) is 11.1 Å². The third-order valence-corrected chi connectivity index (χ3v) is 5.04. The summed E-state index contributed by atoms with van der Waals surface area (Å²) in [6.45, 7) is 0. The van der Waals surface area contributed by atoms with Crippen LogP contribution in [0.1, 0.15) is 0 Å². The van der Waals surface area contributed by atoms with E-state index in [9.17, 15) is 4.79 Å². The van der Waals surface area contributed by atoms with Gasteiger partial charge in [-0.2, -0.15) is 0 Å². The van der Waals surface area contributed by atoms with E-state index < -0.39 is 0 Å². The Bertz CT molecular complexity index is 1020. The van der Waals surface area contributed by atoms with Gasteiger partial charge in [0.25, 0.3) is 0 Å². The van der Waals surface area contributed by atoms with Gasteiger partial charge in [0.15, 0.2) is 0 Å². The van der Waals surface area contributed by atoms with Gasteiger partial charge in [0.05, 0.1) is 4.43 Å². The van der Waals surface area contributed by atoms with Crippen LogP contribution in [-0.2, 0) is 4.79 Å². The fourth-order valence-corrected chi connectivity index (χ4v) is 3.43. The molecule has 1 N–H and O–H groups in total. The Morgan fingerprint density at radius 1 is 0.800 bits per heavy atom. The molecule has 25 heavy (non-hydrogen) atoms. The highest BCUT2D eigenvalue weighted by Gasteiger charge is 2.10. The Balaban J connectivity index is 1.91. The molecule has 0 aliphatic heterocycles. The fourth-order valence-electron chi connectivity index (χ4n) is 3.24. The Morgan fingerprint density at radius 3 is 1.92 bits per heavy atom. The number of carbonyl (C=O) groups is 1. The van der Waals surface area contributed by atoms with Crippen molar-refractivity contribution < 1.29 is 4.79 Å². The van der Waals surface area contributed by atoms with Crippen molar-refractivity contribution in [2.45, 2.75) is 0 Å². The van der Waals surface area contributed by atoms with E-state index in [1.807, 2.05) is 12.1 Å². The van der Waals surface area contributed by atoms with Gasteiger partial charge in [-0.1, -0.05) is 83.3 Å². The van der Waals surface area contributed by atoms with E-state index in [2.05, 4.69) is 94.6 Å². The smallest absolute Gasteiger partial charge is 0.234 e. The number of fused-ring (bicyclic) bond motifs is 2. The molecular formula is C22H16INO. The number of anilines is 1. The molecular weight excluding hydrogens is 421 g/mol. The minimum atomic E-state index is 0.0176. The Hall–Kier alpha value is -2.40. The van der Waals surface area contributed by atoms with E-state index in [4.69, 9.17) is 0 Å². The lowest BCUT2D eigenvalue weighted by Crippen LogP contribution is -2.11. The molecule has 2 nitrogen and oxygen atoms in total. The van der Waals surface area contributed by atoms with Crippen LogP contribution in [0.15, 0.2) is 78.9 Å². The minimum absolute atomic E-state index is 0.0176. The molecule has 0 saturated carbocycles. The molecule has 0 heterocycles. The molecule has 0 aliphatic rings. The van der Waals surface area contributed by atoms with Crippen LogP contribution < -0.4 is 5.32 Å². The Morgan fingerprint density at radius 2 is 1.36 bits per heavy atom. The van der Waals surface area contributed by atoms with Crippen molar-refractivity contribution in [2.24, 2.45) is 0 Å². The van der Waals surface area contributed by atoms with Crippen LogP contribution in [0.25, 0.3) is 32.7 Å². The third-order valence-electron chi connectivity index (χ3n) is 4.35. The summed E-state index contributed by atoms with van der Waals surface area (Å²) in [5.74, 6) is 0.0176. The number of carbonyl (C=O) groups excluding carboxylic acids is 1. The molecule has 0 bridgehead atoms. The zero-order valence-corrected chi connectivity index (χ0v) is 15.7. The van der Waals surface area contributed by atoms with E-state index >= 15 is 0 Å². The van der Waals surface area contributed by atoms with E-state index in [0.717, 1.165) is 11.3 Å². The molecule has 0 aromatic heterocycles. The van der Waals surface area contributed by atoms with Gasteiger partial charge < -0.3 is 5.32 Å². The first-order chi connectivity index (χ1) is 12.3. The van der Waals surface area contributed by atoms with Crippen LogP contribution >= 0.6 is 22.6 Å². The fraction of sp³-hybridized carbons (Fsp3) is 0.0455. The van der Waals surface area contributed by atoms with Gasteiger partial charge in [0.2, 0.25) is 5.91 Å². The predicted octanol–water partition coefficient (Wildman–Crippen LogP) is 6.03. The second-order valence-electron chi connectivity index (χ2n) is 5.95. The molecule has 0 unspecified atom stereocenters. The number of rotatable bonds is 3. The molecule has 4 aromatic carbocycles. The number of nitrogens with one attached hydrogen (secondary N) is 1. The maximum atomic E-state index is 11.6. The average Bonchev–Trinajstić information content (AvgIpc) is 2.66. The number of alkyl halides is 1. The van der Waals surface area contributed by atoms with Crippen LogP contribution in [0.5, 0.6) is 0 Å². The normalized spacial score (nSPS) is 10.9. The molecule has 0 radical (unpaired) electrons. The van der Waals surface area contributed by atoms with Crippen molar-refractivity contribution in [1.82, 2.24) is 0 Å². The van der Waals surface area contributed by atoms with Gasteiger partial charge in [-0.15, -0.1) is 0 Å². The zero-order valence-electron chi connectivity index (χ0n) is 13.5. The molecule has 3 heteroatoms. The second kappa shape index (κ2) is 6.84. The maximum Gasteiger partial charge on any atom is 0.234 e. The highest BCUT2D eigenvalue weighted by Crippen LogP contribution is 2.36. The number of hydrogen-bond acceptors (Lipinski definition) is 1. The number of amides is 1. The SMILES string of the molecule is O=C(CI)Nc1ccc(-c2c3ccccc3cc3ccccc23)cc1. The number of benzene rings is 4. The van der Waals surface area contributed by atoms with Crippen molar-refractivity contribution >= 4 is 55.7 Å². The van der Waals surface area contributed by atoms with E-state index in [1.54, 1.807) is 0 Å². The van der Waals surface area contributed by atoms with Crippen molar-refractivity contribution in [2.75, 3.05) is 9.74 Å². The van der Waals surface area contributed by atoms with Crippen LogP contribution in [0, 0.1) is 0 Å². The molecule has 0 spiro atoms. The van der Waals surface area contributed by atoms with Gasteiger partial charge in [-0.25, -0.2) is 0 Å².